The first-order valence-electron chi connectivity index (χ1n) is 4.25. The first kappa shape index (κ1) is 11.0. The molecule has 0 aliphatic carbocycles. The molecule has 0 atom stereocenters. The van der Waals surface area contributed by atoms with E-state index in [1.807, 2.05) is 24.3 Å². The van der Waals surface area contributed by atoms with Gasteiger partial charge in [-0.05, 0) is 0 Å². The van der Waals surface area contributed by atoms with Gasteiger partial charge in [0.1, 0.15) is 0 Å². The maximum absolute atomic E-state index is 10.7. The molecule has 0 heterocycles. The van der Waals surface area contributed by atoms with Gasteiger partial charge in [-0.1, -0.05) is 0 Å². The van der Waals surface area contributed by atoms with E-state index in [1.165, 1.54) is 17.6 Å². The number of methoxy groups -OCH3 is 1. The molecule has 14 heavy (non-hydrogen) atoms. The van der Waals surface area contributed by atoms with Gasteiger partial charge in [-0.2, -0.15) is 0 Å². The number of benzene rings is 1. The Labute approximate surface area is 90.1 Å². The molecular formula is C11H12O2Se. The number of allylic oxidation sites excluding steroid dienone is 1. The SMILES string of the molecule is COC(=O)/C=C/C[Se]c1ccccc1. The Morgan fingerprint density at radius 2 is 2.14 bits per heavy atom. The average molecular weight is 255 g/mol. The van der Waals surface area contributed by atoms with Crippen molar-refractivity contribution >= 4 is 25.4 Å². The van der Waals surface area contributed by atoms with E-state index in [0.29, 0.717) is 15.0 Å². The summed E-state index contributed by atoms with van der Waals surface area (Å²) in [6.45, 7) is 0. The molecule has 0 bridgehead atoms. The predicted molar refractivity (Wildman–Crippen MR) is 57.8 cm³/mol. The van der Waals surface area contributed by atoms with Crippen LogP contribution in [-0.4, -0.2) is 28.0 Å². The van der Waals surface area contributed by atoms with Crippen molar-refractivity contribution < 1.29 is 9.53 Å². The van der Waals surface area contributed by atoms with Gasteiger partial charge in [-0.15, -0.1) is 0 Å². The van der Waals surface area contributed by atoms with Crippen molar-refractivity contribution in [3.63, 3.8) is 0 Å². The second-order valence-corrected chi connectivity index (χ2v) is 4.84. The summed E-state index contributed by atoms with van der Waals surface area (Å²) < 4.78 is 5.83. The zero-order valence-electron chi connectivity index (χ0n) is 7.97. The van der Waals surface area contributed by atoms with Gasteiger partial charge in [-0.25, -0.2) is 0 Å². The molecule has 0 N–H and O–H groups in total. The fourth-order valence-corrected chi connectivity index (χ4v) is 2.41. The van der Waals surface area contributed by atoms with Gasteiger partial charge in [0.05, 0.1) is 0 Å². The van der Waals surface area contributed by atoms with Crippen LogP contribution in [0.15, 0.2) is 42.5 Å². The molecule has 1 aromatic rings. The molecule has 0 aliphatic heterocycles. The van der Waals surface area contributed by atoms with E-state index in [0.717, 1.165) is 5.32 Å². The fraction of sp³-hybridized carbons (Fsp3) is 0.182. The molecule has 0 amide bonds. The Kier molecular flexibility index (Phi) is 5.05. The van der Waals surface area contributed by atoms with Crippen LogP contribution in [0.1, 0.15) is 0 Å². The molecule has 0 aromatic heterocycles. The summed E-state index contributed by atoms with van der Waals surface area (Å²) in [5.74, 6) is -0.283. The Morgan fingerprint density at radius 1 is 1.43 bits per heavy atom. The van der Waals surface area contributed by atoms with Crippen molar-refractivity contribution in [2.75, 3.05) is 7.11 Å². The van der Waals surface area contributed by atoms with Crippen LogP contribution in [0.5, 0.6) is 0 Å². The molecule has 0 fully saturated rings. The van der Waals surface area contributed by atoms with E-state index in [1.54, 1.807) is 0 Å². The third-order valence-corrected chi connectivity index (χ3v) is 3.57. The standard InChI is InChI=1S/C11H12O2Se/c1-13-11(12)8-5-9-14-10-6-3-2-4-7-10/h2-8H,9H2,1H3/b8-5+. The average Bonchev–Trinajstić information content (AvgIpc) is 2.25. The number of carbonyl (C=O) groups is 1. The van der Waals surface area contributed by atoms with Crippen LogP contribution < -0.4 is 4.46 Å². The van der Waals surface area contributed by atoms with E-state index in [-0.39, 0.29) is 5.97 Å². The number of esters is 1. The van der Waals surface area contributed by atoms with Crippen LogP contribution >= 0.6 is 0 Å². The Bertz CT molecular complexity index is 306. The van der Waals surface area contributed by atoms with Crippen molar-refractivity contribution in [2.24, 2.45) is 0 Å². The number of hydrogen-bond acceptors (Lipinski definition) is 2. The van der Waals surface area contributed by atoms with Gasteiger partial charge in [0.2, 0.25) is 0 Å². The summed E-state index contributed by atoms with van der Waals surface area (Å²) >= 11 is 0.409. The zero-order chi connectivity index (χ0) is 10.2. The minimum absolute atomic E-state index is 0.283. The molecule has 0 spiro atoms. The van der Waals surface area contributed by atoms with Crippen LogP contribution in [0, 0.1) is 0 Å². The number of carbonyl (C=O) groups excluding carboxylic acids is 1. The Hall–Kier alpha value is -1.05. The van der Waals surface area contributed by atoms with Crippen LogP contribution in [0.25, 0.3) is 0 Å². The van der Waals surface area contributed by atoms with E-state index in [2.05, 4.69) is 16.9 Å². The van der Waals surface area contributed by atoms with Gasteiger partial charge in [0.25, 0.3) is 0 Å². The molecule has 0 saturated carbocycles. The van der Waals surface area contributed by atoms with E-state index >= 15 is 0 Å². The molecule has 3 heteroatoms. The third-order valence-electron chi connectivity index (χ3n) is 1.54. The van der Waals surface area contributed by atoms with E-state index in [4.69, 9.17) is 0 Å². The molecule has 0 saturated heterocycles. The topological polar surface area (TPSA) is 26.3 Å². The summed E-state index contributed by atoms with van der Waals surface area (Å²) in [5.41, 5.74) is 0. The van der Waals surface area contributed by atoms with Crippen LogP contribution in [-0.2, 0) is 9.53 Å². The summed E-state index contributed by atoms with van der Waals surface area (Å²) in [5, 5.41) is 0.923. The van der Waals surface area contributed by atoms with Crippen molar-refractivity contribution in [3.05, 3.63) is 42.5 Å². The minimum atomic E-state index is -0.283. The second kappa shape index (κ2) is 6.41. The maximum atomic E-state index is 10.7. The molecule has 0 aliphatic rings. The van der Waals surface area contributed by atoms with Gasteiger partial charge in [0, 0.05) is 0 Å². The van der Waals surface area contributed by atoms with Gasteiger partial charge < -0.3 is 0 Å². The first-order chi connectivity index (χ1) is 6.83. The number of rotatable bonds is 4. The fourth-order valence-electron chi connectivity index (χ4n) is 0.873. The van der Waals surface area contributed by atoms with Crippen LogP contribution in [0.2, 0.25) is 5.32 Å². The Morgan fingerprint density at radius 3 is 2.79 bits per heavy atom. The van der Waals surface area contributed by atoms with Crippen molar-refractivity contribution in [2.45, 2.75) is 5.32 Å². The van der Waals surface area contributed by atoms with Crippen molar-refractivity contribution in [3.8, 4) is 0 Å². The Balaban J connectivity index is 2.29. The first-order valence-corrected chi connectivity index (χ1v) is 6.32. The summed E-state index contributed by atoms with van der Waals surface area (Å²) in [4.78, 5) is 10.7. The summed E-state index contributed by atoms with van der Waals surface area (Å²) in [7, 11) is 1.38. The van der Waals surface area contributed by atoms with E-state index in [9.17, 15) is 4.79 Å². The van der Waals surface area contributed by atoms with Gasteiger partial charge in [0.15, 0.2) is 0 Å². The molecular weight excluding hydrogens is 243 g/mol. The van der Waals surface area contributed by atoms with Crippen molar-refractivity contribution in [1.82, 2.24) is 0 Å². The van der Waals surface area contributed by atoms with Crippen LogP contribution in [0.4, 0.5) is 0 Å². The molecule has 2 nitrogen and oxygen atoms in total. The molecule has 74 valence electrons. The molecule has 0 radical (unpaired) electrons. The number of ether oxygens (including phenoxy) is 1. The normalized spacial score (nSPS) is 10.4. The van der Waals surface area contributed by atoms with Crippen LogP contribution in [0.3, 0.4) is 0 Å². The third kappa shape index (κ3) is 4.26. The number of hydrogen-bond donors (Lipinski definition) is 0. The monoisotopic (exact) mass is 256 g/mol. The second-order valence-electron chi connectivity index (χ2n) is 2.55. The molecule has 0 unspecified atom stereocenters. The summed E-state index contributed by atoms with van der Waals surface area (Å²) in [6.07, 6.45) is 3.34. The molecule has 1 aromatic carbocycles. The zero-order valence-corrected chi connectivity index (χ0v) is 9.69. The van der Waals surface area contributed by atoms with E-state index < -0.39 is 0 Å². The predicted octanol–water partition coefficient (Wildman–Crippen LogP) is 1.16. The molecule has 1 rings (SSSR count). The summed E-state index contributed by atoms with van der Waals surface area (Å²) in [6, 6.07) is 10.3. The van der Waals surface area contributed by atoms with Crippen molar-refractivity contribution in [1.29, 1.82) is 0 Å². The quantitative estimate of drug-likeness (QED) is 0.458. The van der Waals surface area contributed by atoms with Gasteiger partial charge >= 0.3 is 89.8 Å². The van der Waals surface area contributed by atoms with Gasteiger partial charge in [-0.3, -0.25) is 0 Å².